The largest absolute Gasteiger partial charge is 0.286 e. The number of hydrogen-bond acceptors (Lipinski definition) is 1. The Bertz CT molecular complexity index is 133. The summed E-state index contributed by atoms with van der Waals surface area (Å²) in [5, 5.41) is 0. The summed E-state index contributed by atoms with van der Waals surface area (Å²) in [5.74, 6) is 0. The summed E-state index contributed by atoms with van der Waals surface area (Å²) in [6, 6.07) is 0. The van der Waals surface area contributed by atoms with E-state index in [1.807, 2.05) is 10.8 Å². The lowest BCUT2D eigenvalue weighted by molar-refractivity contribution is -0.430. The highest BCUT2D eigenvalue weighted by Gasteiger charge is 1.97. The molecule has 0 unspecified atom stereocenters. The lowest BCUT2D eigenvalue weighted by Gasteiger charge is -1.80. The van der Waals surface area contributed by atoms with Gasteiger partial charge in [0.25, 0.3) is 6.34 Å². The summed E-state index contributed by atoms with van der Waals surface area (Å²) in [5.41, 5.74) is 0. The zero-order valence-corrected chi connectivity index (χ0v) is 4.04. The zero-order chi connectivity index (χ0) is 5.11. The van der Waals surface area contributed by atoms with Crippen molar-refractivity contribution in [2.75, 3.05) is 6.54 Å². The van der Waals surface area contributed by atoms with Crippen LogP contribution >= 0.6 is 0 Å². The van der Waals surface area contributed by atoms with Crippen molar-refractivity contribution in [3.63, 3.8) is 0 Å². The molecule has 0 aromatic heterocycles. The molecule has 0 atom stereocenters. The summed E-state index contributed by atoms with van der Waals surface area (Å²) >= 11 is 0. The van der Waals surface area contributed by atoms with Gasteiger partial charge in [-0.15, -0.1) is 0 Å². The van der Waals surface area contributed by atoms with Crippen molar-refractivity contribution in [1.82, 2.24) is 0 Å². The molecule has 2 heteroatoms. The van der Waals surface area contributed by atoms with Crippen molar-refractivity contribution >= 4 is 12.6 Å². The first-order valence-electron chi connectivity index (χ1n) is 2.17. The predicted molar refractivity (Wildman–Crippen MR) is 29.9 cm³/mol. The highest BCUT2D eigenvalue weighted by Crippen LogP contribution is 1.77. The number of aliphatic imine (C=N–C) groups is 1. The van der Waals surface area contributed by atoms with Crippen LogP contribution in [-0.2, 0) is 0 Å². The van der Waals surface area contributed by atoms with E-state index in [0.29, 0.717) is 0 Å². The van der Waals surface area contributed by atoms with Gasteiger partial charge in [0.15, 0.2) is 6.21 Å². The third kappa shape index (κ3) is 0.738. The van der Waals surface area contributed by atoms with Gasteiger partial charge >= 0.3 is 0 Å². The minimum absolute atomic E-state index is 0.878. The van der Waals surface area contributed by atoms with Gasteiger partial charge in [-0.25, -0.2) is 4.58 Å². The molecule has 0 aliphatic carbocycles. The van der Waals surface area contributed by atoms with Crippen LogP contribution in [0.1, 0.15) is 0 Å². The Morgan fingerprint density at radius 2 is 2.71 bits per heavy atom. The normalized spacial score (nSPS) is 16.9. The fourth-order valence-corrected chi connectivity index (χ4v) is 0.443. The summed E-state index contributed by atoms with van der Waals surface area (Å²) in [7, 11) is 0. The molecule has 1 heterocycles. The van der Waals surface area contributed by atoms with Crippen molar-refractivity contribution in [3.05, 3.63) is 12.8 Å². The molecule has 1 aliphatic rings. The van der Waals surface area contributed by atoms with Crippen LogP contribution in [0.3, 0.4) is 0 Å². The van der Waals surface area contributed by atoms with Crippen LogP contribution in [0.25, 0.3) is 0 Å². The monoisotopic (exact) mass is 95.1 g/mol. The fourth-order valence-electron chi connectivity index (χ4n) is 0.443. The van der Waals surface area contributed by atoms with Crippen LogP contribution < -0.4 is 0 Å². The molecule has 0 aromatic carbocycles. The van der Waals surface area contributed by atoms with Gasteiger partial charge in [0.1, 0.15) is 6.54 Å². The first-order chi connectivity index (χ1) is 3.43. The van der Waals surface area contributed by atoms with Gasteiger partial charge in [-0.05, 0) is 0 Å². The van der Waals surface area contributed by atoms with Gasteiger partial charge < -0.3 is 0 Å². The van der Waals surface area contributed by atoms with E-state index in [2.05, 4.69) is 11.6 Å². The minimum Gasteiger partial charge on any atom is -0.231 e. The zero-order valence-electron chi connectivity index (χ0n) is 4.04. The molecule has 0 N–H and O–H groups in total. The summed E-state index contributed by atoms with van der Waals surface area (Å²) < 4.78 is 1.90. The molecular formula is C5H7N2+. The summed E-state index contributed by atoms with van der Waals surface area (Å²) in [6.45, 7) is 4.44. The Balaban J connectivity index is 2.61. The average Bonchev–Trinajstić information content (AvgIpc) is 2.14. The summed E-state index contributed by atoms with van der Waals surface area (Å²) in [4.78, 5) is 3.84. The Kier molecular flexibility index (Phi) is 1.02. The number of rotatable bonds is 1. The Hall–Kier alpha value is -0.920. The van der Waals surface area contributed by atoms with Crippen LogP contribution in [0.4, 0.5) is 0 Å². The van der Waals surface area contributed by atoms with E-state index >= 15 is 0 Å². The first kappa shape index (κ1) is 4.24. The highest BCUT2D eigenvalue weighted by molar-refractivity contribution is 5.74. The molecule has 2 nitrogen and oxygen atoms in total. The van der Waals surface area contributed by atoms with Crippen LogP contribution in [0.2, 0.25) is 0 Å². The second-order valence-electron chi connectivity index (χ2n) is 1.33. The van der Waals surface area contributed by atoms with Crippen molar-refractivity contribution in [3.8, 4) is 0 Å². The molecule has 0 aromatic rings. The van der Waals surface area contributed by atoms with E-state index in [-0.39, 0.29) is 0 Å². The summed E-state index contributed by atoms with van der Waals surface area (Å²) in [6.07, 6.45) is 5.32. The molecule has 1 rings (SSSR count). The Morgan fingerprint density at radius 3 is 3.00 bits per heavy atom. The predicted octanol–water partition coefficient (Wildman–Crippen LogP) is 0.255. The molecule has 0 spiro atoms. The van der Waals surface area contributed by atoms with Crippen LogP contribution in [0.15, 0.2) is 17.8 Å². The first-order valence-corrected chi connectivity index (χ1v) is 2.17. The molecule has 1 aliphatic heterocycles. The number of hydrogen-bond donors (Lipinski definition) is 0. The van der Waals surface area contributed by atoms with Crippen molar-refractivity contribution in [2.45, 2.75) is 0 Å². The molecule has 0 saturated heterocycles. The Labute approximate surface area is 42.5 Å². The van der Waals surface area contributed by atoms with Crippen molar-refractivity contribution < 1.29 is 4.58 Å². The van der Waals surface area contributed by atoms with Gasteiger partial charge in [0.05, 0.1) is 6.20 Å². The molecule has 36 valence electrons. The van der Waals surface area contributed by atoms with E-state index in [9.17, 15) is 0 Å². The molecule has 0 bridgehead atoms. The highest BCUT2D eigenvalue weighted by atomic mass is 15.1. The van der Waals surface area contributed by atoms with E-state index < -0.39 is 0 Å². The van der Waals surface area contributed by atoms with E-state index in [4.69, 9.17) is 0 Å². The number of nitrogens with zero attached hydrogens (tertiary/aromatic N) is 2. The third-order valence-electron chi connectivity index (χ3n) is 0.847. The lowest BCUT2D eigenvalue weighted by atomic mass is 10.7. The van der Waals surface area contributed by atoms with E-state index in [1.165, 1.54) is 0 Å². The maximum atomic E-state index is 3.84. The molecule has 7 heavy (non-hydrogen) atoms. The third-order valence-corrected chi connectivity index (χ3v) is 0.847. The maximum absolute atomic E-state index is 3.84. The minimum atomic E-state index is 0.878. The van der Waals surface area contributed by atoms with Crippen molar-refractivity contribution in [2.24, 2.45) is 4.99 Å². The second-order valence-corrected chi connectivity index (χ2v) is 1.33. The van der Waals surface area contributed by atoms with Crippen molar-refractivity contribution in [1.29, 1.82) is 0 Å². The van der Waals surface area contributed by atoms with Crippen LogP contribution in [0.5, 0.6) is 0 Å². The average molecular weight is 95.1 g/mol. The van der Waals surface area contributed by atoms with Crippen LogP contribution in [-0.4, -0.2) is 23.7 Å². The molecule has 0 saturated carbocycles. The maximum Gasteiger partial charge on any atom is 0.286 e. The fraction of sp³-hybridized carbons (Fsp3) is 0.200. The quantitative estimate of drug-likeness (QED) is 0.415. The SMILES string of the molecule is C=C[N+]1=CN=CC1. The van der Waals surface area contributed by atoms with Gasteiger partial charge in [0.2, 0.25) is 0 Å². The van der Waals surface area contributed by atoms with Gasteiger partial charge in [-0.2, -0.15) is 0 Å². The smallest absolute Gasteiger partial charge is 0.231 e. The standard InChI is InChI=1S/C5H7N2/c1-2-7-4-3-6-5-7/h2-3,5H,1,4H2/q+1. The topological polar surface area (TPSA) is 15.4 Å². The second kappa shape index (κ2) is 1.69. The molecular weight excluding hydrogens is 88.1 g/mol. The van der Waals surface area contributed by atoms with E-state index in [0.717, 1.165) is 6.54 Å². The lowest BCUT2D eigenvalue weighted by Crippen LogP contribution is -1.99. The Morgan fingerprint density at radius 1 is 1.86 bits per heavy atom. The molecule has 0 amide bonds. The molecule has 0 fully saturated rings. The van der Waals surface area contributed by atoms with Gasteiger partial charge in [-0.3, -0.25) is 0 Å². The molecule has 0 radical (unpaired) electrons. The van der Waals surface area contributed by atoms with Crippen LogP contribution in [0, 0.1) is 0 Å². The van der Waals surface area contributed by atoms with Gasteiger partial charge in [0, 0.05) is 0 Å². The van der Waals surface area contributed by atoms with E-state index in [1.54, 1.807) is 12.5 Å². The van der Waals surface area contributed by atoms with Gasteiger partial charge in [-0.1, -0.05) is 11.6 Å².